The van der Waals surface area contributed by atoms with Gasteiger partial charge in [0.25, 0.3) is 0 Å². The second kappa shape index (κ2) is 9.25. The quantitative estimate of drug-likeness (QED) is 0.368. The van der Waals surface area contributed by atoms with E-state index in [4.69, 9.17) is 0 Å². The summed E-state index contributed by atoms with van der Waals surface area (Å²) in [4.78, 5) is 41.5. The third-order valence-corrected chi connectivity index (χ3v) is 9.48. The summed E-state index contributed by atoms with van der Waals surface area (Å²) >= 11 is 1.43. The number of aliphatic hydroxyl groups excluding tert-OH is 1. The number of hydrogen-bond donors (Lipinski definition) is 2. The highest BCUT2D eigenvalue weighted by Crippen LogP contribution is 2.51. The van der Waals surface area contributed by atoms with Crippen molar-refractivity contribution in [2.45, 2.75) is 62.6 Å². The zero-order valence-electron chi connectivity index (χ0n) is 20.3. The number of piperidine rings is 1. The molecule has 4 aliphatic rings. The zero-order valence-corrected chi connectivity index (χ0v) is 21.1. The molecule has 5 heterocycles. The van der Waals surface area contributed by atoms with Gasteiger partial charge >= 0.3 is 0 Å². The molecule has 2 N–H and O–H groups in total. The van der Waals surface area contributed by atoms with Crippen LogP contribution in [0.4, 0.5) is 0 Å². The Bertz CT molecular complexity index is 1060. The number of aliphatic carboxylic acids is 1. The molecule has 11 heteroatoms. The normalized spacial score (nSPS) is 32.1. The number of carboxylic acids is 1. The first-order chi connectivity index (χ1) is 16.7. The molecule has 0 saturated carbocycles. The summed E-state index contributed by atoms with van der Waals surface area (Å²) < 4.78 is 4.23. The Morgan fingerprint density at radius 1 is 1.31 bits per heavy atom. The summed E-state index contributed by atoms with van der Waals surface area (Å²) in [5.41, 5.74) is -0.0651. The lowest BCUT2D eigenvalue weighted by atomic mass is 9.79. The second-order valence-electron chi connectivity index (χ2n) is 10.3. The van der Waals surface area contributed by atoms with E-state index in [2.05, 4.69) is 22.4 Å². The molecule has 1 aromatic heterocycles. The number of amides is 2. The third kappa shape index (κ3) is 4.17. The lowest BCUT2D eigenvalue weighted by Gasteiger charge is -2.47. The van der Waals surface area contributed by atoms with Gasteiger partial charge in [-0.05, 0) is 13.3 Å². The first-order valence-corrected chi connectivity index (χ1v) is 13.2. The van der Waals surface area contributed by atoms with Crippen molar-refractivity contribution >= 4 is 29.5 Å². The number of fused-ring (bicyclic) bond motifs is 1. The molecule has 0 radical (unpaired) electrons. The number of hydrogen-bond acceptors (Lipinski definition) is 7. The number of nitrogens with one attached hydrogen (secondary N) is 1. The number of carbonyl (C=O) groups is 3. The summed E-state index contributed by atoms with van der Waals surface area (Å²) in [6, 6.07) is -0.244. The number of β-lactam (4-membered cyclic amide) rings is 1. The topological polar surface area (TPSA) is 122 Å². The summed E-state index contributed by atoms with van der Waals surface area (Å²) in [5, 5.41) is 25.3. The van der Waals surface area contributed by atoms with Crippen molar-refractivity contribution in [3.05, 3.63) is 29.3 Å². The van der Waals surface area contributed by atoms with E-state index in [9.17, 15) is 24.6 Å². The van der Waals surface area contributed by atoms with Gasteiger partial charge < -0.3 is 30.1 Å². The maximum absolute atomic E-state index is 13.2. The average molecular weight is 504 g/mol. The highest BCUT2D eigenvalue weighted by atomic mass is 32.2. The van der Waals surface area contributed by atoms with Crippen molar-refractivity contribution in [2.24, 2.45) is 18.9 Å². The van der Waals surface area contributed by atoms with Crippen LogP contribution >= 0.6 is 11.8 Å². The first-order valence-electron chi connectivity index (χ1n) is 12.4. The van der Waals surface area contributed by atoms with Gasteiger partial charge in [-0.2, -0.15) is 0 Å². The van der Waals surface area contributed by atoms with Gasteiger partial charge in [-0.25, -0.2) is 9.13 Å². The van der Waals surface area contributed by atoms with E-state index in [1.54, 1.807) is 6.92 Å². The molecular weight excluding hydrogens is 470 g/mol. The molecular formula is C24H33N5O5S. The lowest BCUT2D eigenvalue weighted by Crippen LogP contribution is -2.64. The molecule has 0 aliphatic carbocycles. The van der Waals surface area contributed by atoms with Crippen LogP contribution in [0.15, 0.2) is 29.3 Å². The monoisotopic (exact) mass is 503 g/mol. The fourth-order valence-electron chi connectivity index (χ4n) is 6.12. The Morgan fingerprint density at radius 3 is 2.63 bits per heavy atom. The maximum Gasteiger partial charge on any atom is 0.243 e. The van der Waals surface area contributed by atoms with Crippen molar-refractivity contribution in [3.8, 4) is 0 Å². The number of aromatic nitrogens is 2. The Morgan fingerprint density at radius 2 is 2.03 bits per heavy atom. The van der Waals surface area contributed by atoms with Crippen LogP contribution in [-0.4, -0.2) is 80.3 Å². The summed E-state index contributed by atoms with van der Waals surface area (Å²) in [5.74, 6) is -2.41. The summed E-state index contributed by atoms with van der Waals surface area (Å²) in [6.07, 6.45) is 7.77. The molecule has 0 spiro atoms. The van der Waals surface area contributed by atoms with E-state index in [1.165, 1.54) is 16.7 Å². The Balaban J connectivity index is 1.20. The lowest BCUT2D eigenvalue weighted by molar-refractivity contribution is -0.671. The van der Waals surface area contributed by atoms with Crippen LogP contribution in [0.2, 0.25) is 0 Å². The van der Waals surface area contributed by atoms with Gasteiger partial charge in [0.05, 0.1) is 42.8 Å². The van der Waals surface area contributed by atoms with Gasteiger partial charge in [0.15, 0.2) is 0 Å². The number of aryl methyl sites for hydroxylation is 1. The number of imidazole rings is 1. The Hall–Kier alpha value is -2.37. The number of likely N-dealkylation sites (tertiary alicyclic amines) is 1. The molecule has 35 heavy (non-hydrogen) atoms. The van der Waals surface area contributed by atoms with E-state index < -0.39 is 18.0 Å². The SMILES string of the molecule is CC(O)C1C(=O)N2C(C(=O)[O-])=C(SC3CNC(C(=O)N4CCC(n5cc[n+](C)c5)CC4)C3)C(C)[C@H]12. The van der Waals surface area contributed by atoms with Crippen molar-refractivity contribution in [3.63, 3.8) is 0 Å². The third-order valence-electron chi connectivity index (χ3n) is 7.97. The van der Waals surface area contributed by atoms with Gasteiger partial charge in [0, 0.05) is 48.5 Å². The minimum absolute atomic E-state index is 0.0203. The van der Waals surface area contributed by atoms with E-state index in [0.717, 1.165) is 25.9 Å². The fraction of sp³-hybridized carbons (Fsp3) is 0.667. The smallest absolute Gasteiger partial charge is 0.243 e. The van der Waals surface area contributed by atoms with Crippen LogP contribution in [0.5, 0.6) is 0 Å². The van der Waals surface area contributed by atoms with Crippen LogP contribution in [-0.2, 0) is 21.4 Å². The molecule has 5 rings (SSSR count). The van der Waals surface area contributed by atoms with Crippen LogP contribution in [0.1, 0.15) is 39.2 Å². The molecule has 4 aliphatic heterocycles. The van der Waals surface area contributed by atoms with Gasteiger partial charge in [-0.1, -0.05) is 6.92 Å². The minimum Gasteiger partial charge on any atom is -0.543 e. The van der Waals surface area contributed by atoms with Crippen molar-refractivity contribution in [1.29, 1.82) is 0 Å². The zero-order chi connectivity index (χ0) is 25.0. The largest absolute Gasteiger partial charge is 0.543 e. The molecule has 6 atom stereocenters. The highest BCUT2D eigenvalue weighted by molar-refractivity contribution is 8.03. The Kier molecular flexibility index (Phi) is 6.43. The maximum atomic E-state index is 13.2. The van der Waals surface area contributed by atoms with Crippen LogP contribution in [0.25, 0.3) is 0 Å². The summed E-state index contributed by atoms with van der Waals surface area (Å²) in [6.45, 7) is 5.49. The fourth-order valence-corrected chi connectivity index (χ4v) is 7.59. The van der Waals surface area contributed by atoms with Crippen molar-refractivity contribution in [2.75, 3.05) is 19.6 Å². The molecule has 3 fully saturated rings. The number of nitrogens with zero attached hydrogens (tertiary/aromatic N) is 4. The summed E-state index contributed by atoms with van der Waals surface area (Å²) in [7, 11) is 2.00. The van der Waals surface area contributed by atoms with E-state index >= 15 is 0 Å². The molecule has 0 bridgehead atoms. The minimum atomic E-state index is -1.36. The molecule has 0 aromatic carbocycles. The highest BCUT2D eigenvalue weighted by Gasteiger charge is 2.59. The molecule has 10 nitrogen and oxygen atoms in total. The molecule has 2 amide bonds. The van der Waals surface area contributed by atoms with Gasteiger partial charge in [0.2, 0.25) is 18.1 Å². The molecule has 3 saturated heterocycles. The number of aliphatic hydroxyl groups is 1. The van der Waals surface area contributed by atoms with Gasteiger partial charge in [-0.15, -0.1) is 11.8 Å². The van der Waals surface area contributed by atoms with E-state index in [1.807, 2.05) is 29.6 Å². The predicted molar refractivity (Wildman–Crippen MR) is 125 cm³/mol. The standard InChI is InChI=1S/C24H33N5O5S/c1-13-19-18(14(2)30)23(32)29(19)20(24(33)34)21(13)35-16-10-17(25-11-16)22(31)27-6-4-15(5-7-27)28-9-8-26(3)12-28/h8-9,12-19,25,30H,4-7,10-11H2,1-3H3/t13?,14?,16?,17?,18?,19-/m1/s1. The predicted octanol–water partition coefficient (Wildman–Crippen LogP) is -1.24. The van der Waals surface area contributed by atoms with Crippen LogP contribution in [0, 0.1) is 11.8 Å². The molecule has 5 unspecified atom stereocenters. The van der Waals surface area contributed by atoms with E-state index in [-0.39, 0.29) is 40.8 Å². The molecule has 190 valence electrons. The Labute approximate surface area is 208 Å². The number of rotatable bonds is 6. The number of carbonyl (C=O) groups excluding carboxylic acids is 3. The second-order valence-corrected chi connectivity index (χ2v) is 11.6. The van der Waals surface area contributed by atoms with Crippen LogP contribution in [0.3, 0.4) is 0 Å². The van der Waals surface area contributed by atoms with Gasteiger partial charge in [-0.3, -0.25) is 9.59 Å². The average Bonchev–Trinajstić information content (AvgIpc) is 3.52. The van der Waals surface area contributed by atoms with Crippen molar-refractivity contribution < 1.29 is 29.2 Å². The first kappa shape index (κ1) is 24.3. The number of thioether (sulfide) groups is 1. The van der Waals surface area contributed by atoms with Crippen LogP contribution < -0.4 is 15.0 Å². The van der Waals surface area contributed by atoms with Gasteiger partial charge in [0.1, 0.15) is 18.4 Å². The molecule has 1 aromatic rings. The van der Waals surface area contributed by atoms with E-state index in [0.29, 0.717) is 23.9 Å². The number of carboxylic acid groups (broad SMARTS) is 1. The van der Waals surface area contributed by atoms with Crippen molar-refractivity contribution in [1.82, 2.24) is 19.7 Å².